The van der Waals surface area contributed by atoms with Crippen molar-refractivity contribution in [3.05, 3.63) is 0 Å². The zero-order valence-corrected chi connectivity index (χ0v) is 16.5. The van der Waals surface area contributed by atoms with E-state index < -0.39 is 16.6 Å². The maximum atomic E-state index is 13.3. The SMILES string of the molecule is CC(F)(F)C(=O)N1CCC(C2(C)SC(=N[C@H]3C[C@@H]4CC45CC35)NC2=O)CC1. The Morgan fingerprint density at radius 1 is 1.30 bits per heavy atom. The van der Waals surface area contributed by atoms with E-state index >= 15 is 0 Å². The second-order valence-electron chi connectivity index (χ2n) is 9.30. The summed E-state index contributed by atoms with van der Waals surface area (Å²) >= 11 is 1.50. The van der Waals surface area contributed by atoms with Gasteiger partial charge in [0.15, 0.2) is 5.17 Å². The number of carbonyl (C=O) groups excluding carboxylic acids is 2. The van der Waals surface area contributed by atoms with Crippen molar-refractivity contribution in [1.29, 1.82) is 0 Å². The summed E-state index contributed by atoms with van der Waals surface area (Å²) in [5.41, 5.74) is 0.631. The highest BCUT2D eigenvalue weighted by atomic mass is 32.2. The third kappa shape index (κ3) is 2.65. The highest BCUT2D eigenvalue weighted by Gasteiger charge is 2.77. The molecule has 5 nitrogen and oxygen atoms in total. The summed E-state index contributed by atoms with van der Waals surface area (Å²) in [4.78, 5) is 30.6. The first-order valence-corrected chi connectivity index (χ1v) is 10.7. The molecule has 148 valence electrons. The molecule has 27 heavy (non-hydrogen) atoms. The van der Waals surface area contributed by atoms with Crippen LogP contribution in [0, 0.1) is 23.2 Å². The summed E-state index contributed by atoms with van der Waals surface area (Å²) in [6.45, 7) is 3.12. The first-order valence-electron chi connectivity index (χ1n) is 9.89. The fourth-order valence-corrected chi connectivity index (χ4v) is 7.05. The minimum atomic E-state index is -3.34. The van der Waals surface area contributed by atoms with Crippen LogP contribution < -0.4 is 5.32 Å². The normalized spacial score (nSPS) is 44.9. The number of piperidine rings is 1. The standard InChI is InChI=1S/C19H25F2N3O2S/c1-17(10-3-5-24(6-4-10)15(26)18(2,20)21)14(25)23-16(27-17)22-13-7-11-8-19(11)9-12(13)19/h10-13H,3-9H2,1-2H3,(H,22,23,25)/t11-,12?,13+,17?,19?/m1/s1. The van der Waals surface area contributed by atoms with Crippen molar-refractivity contribution in [2.75, 3.05) is 13.1 Å². The van der Waals surface area contributed by atoms with Crippen molar-refractivity contribution in [3.63, 3.8) is 0 Å². The van der Waals surface area contributed by atoms with E-state index in [9.17, 15) is 18.4 Å². The molecule has 1 N–H and O–H groups in total. The predicted octanol–water partition coefficient (Wildman–Crippen LogP) is 2.66. The Morgan fingerprint density at radius 3 is 2.56 bits per heavy atom. The third-order valence-electron chi connectivity index (χ3n) is 7.65. The van der Waals surface area contributed by atoms with Crippen LogP contribution in [0.15, 0.2) is 4.99 Å². The van der Waals surface area contributed by atoms with Gasteiger partial charge < -0.3 is 10.2 Å². The van der Waals surface area contributed by atoms with Crippen LogP contribution in [0.2, 0.25) is 0 Å². The number of carbonyl (C=O) groups is 2. The second kappa shape index (κ2) is 5.45. The molecule has 3 unspecified atom stereocenters. The molecule has 1 spiro atoms. The van der Waals surface area contributed by atoms with Gasteiger partial charge in [-0.2, -0.15) is 8.78 Å². The lowest BCUT2D eigenvalue weighted by Crippen LogP contribution is -2.50. The number of alkyl halides is 2. The molecular formula is C19H25F2N3O2S. The van der Waals surface area contributed by atoms with Crippen LogP contribution in [0.3, 0.4) is 0 Å². The maximum absolute atomic E-state index is 13.3. The van der Waals surface area contributed by atoms with Crippen LogP contribution in [0.25, 0.3) is 0 Å². The lowest BCUT2D eigenvalue weighted by molar-refractivity contribution is -0.156. The first-order chi connectivity index (χ1) is 12.6. The van der Waals surface area contributed by atoms with Gasteiger partial charge in [-0.25, -0.2) is 0 Å². The second-order valence-corrected chi connectivity index (χ2v) is 10.7. The first kappa shape index (κ1) is 17.9. The van der Waals surface area contributed by atoms with Gasteiger partial charge in [0.1, 0.15) is 4.75 Å². The fraction of sp³-hybridized carbons (Fsp3) is 0.842. The van der Waals surface area contributed by atoms with E-state index in [1.54, 1.807) is 0 Å². The third-order valence-corrected chi connectivity index (χ3v) is 8.99. The number of halogens is 2. The van der Waals surface area contributed by atoms with Gasteiger partial charge in [-0.15, -0.1) is 0 Å². The van der Waals surface area contributed by atoms with Gasteiger partial charge in [0.05, 0.1) is 6.04 Å². The Hall–Kier alpha value is -1.18. The van der Waals surface area contributed by atoms with E-state index in [1.807, 2.05) is 6.92 Å². The van der Waals surface area contributed by atoms with Crippen molar-refractivity contribution in [3.8, 4) is 0 Å². The molecule has 5 atom stereocenters. The van der Waals surface area contributed by atoms with Crippen molar-refractivity contribution in [1.82, 2.24) is 10.2 Å². The molecule has 3 aliphatic carbocycles. The number of rotatable bonds is 3. The summed E-state index contributed by atoms with van der Waals surface area (Å²) in [6, 6.07) is 0.361. The molecular weight excluding hydrogens is 372 g/mol. The predicted molar refractivity (Wildman–Crippen MR) is 98.6 cm³/mol. The van der Waals surface area contributed by atoms with Crippen molar-refractivity contribution < 1.29 is 18.4 Å². The van der Waals surface area contributed by atoms with Gasteiger partial charge in [-0.1, -0.05) is 11.8 Å². The molecule has 5 fully saturated rings. The van der Waals surface area contributed by atoms with E-state index in [-0.39, 0.29) is 24.9 Å². The largest absolute Gasteiger partial charge is 0.337 e. The number of amidine groups is 1. The quantitative estimate of drug-likeness (QED) is 0.796. The number of hydrogen-bond acceptors (Lipinski definition) is 4. The number of amides is 2. The summed E-state index contributed by atoms with van der Waals surface area (Å²) in [5.74, 6) is -2.85. The zero-order valence-electron chi connectivity index (χ0n) is 15.6. The highest BCUT2D eigenvalue weighted by Crippen LogP contribution is 2.82. The number of nitrogens with one attached hydrogen (secondary N) is 1. The van der Waals surface area contributed by atoms with Crippen molar-refractivity contribution in [2.24, 2.45) is 28.2 Å². The highest BCUT2D eigenvalue weighted by molar-refractivity contribution is 8.16. The van der Waals surface area contributed by atoms with Gasteiger partial charge >= 0.3 is 5.92 Å². The zero-order chi connectivity index (χ0) is 19.2. The molecule has 2 amide bonds. The van der Waals surface area contributed by atoms with Gasteiger partial charge in [-0.3, -0.25) is 14.6 Å². The number of likely N-dealkylation sites (tertiary alicyclic amines) is 1. The minimum absolute atomic E-state index is 0.0366. The average Bonchev–Trinajstić information content (AvgIpc) is 3.46. The number of thioether (sulfide) groups is 1. The lowest BCUT2D eigenvalue weighted by Gasteiger charge is -2.38. The van der Waals surface area contributed by atoms with Crippen LogP contribution >= 0.6 is 11.8 Å². The van der Waals surface area contributed by atoms with E-state index in [1.165, 1.54) is 29.5 Å². The minimum Gasteiger partial charge on any atom is -0.337 e. The van der Waals surface area contributed by atoms with Gasteiger partial charge in [0.25, 0.3) is 5.91 Å². The molecule has 2 saturated heterocycles. The van der Waals surface area contributed by atoms with E-state index in [4.69, 9.17) is 4.99 Å². The molecule has 3 saturated carbocycles. The van der Waals surface area contributed by atoms with E-state index in [0.29, 0.717) is 31.2 Å². The Bertz CT molecular complexity index is 746. The maximum Gasteiger partial charge on any atom is 0.322 e. The van der Waals surface area contributed by atoms with Crippen molar-refractivity contribution >= 4 is 28.7 Å². The van der Waals surface area contributed by atoms with Crippen LogP contribution in [0.4, 0.5) is 8.78 Å². The van der Waals surface area contributed by atoms with E-state index in [2.05, 4.69) is 5.32 Å². The van der Waals surface area contributed by atoms with Crippen molar-refractivity contribution in [2.45, 2.75) is 62.7 Å². The smallest absolute Gasteiger partial charge is 0.322 e. The van der Waals surface area contributed by atoms with E-state index in [0.717, 1.165) is 23.4 Å². The molecule has 8 heteroatoms. The Balaban J connectivity index is 1.23. The molecule has 0 bridgehead atoms. The number of nitrogens with zero attached hydrogens (tertiary/aromatic N) is 2. The van der Waals surface area contributed by atoms with Crippen LogP contribution in [-0.2, 0) is 9.59 Å². The molecule has 5 rings (SSSR count). The van der Waals surface area contributed by atoms with Gasteiger partial charge in [0, 0.05) is 20.0 Å². The summed E-state index contributed by atoms with van der Waals surface area (Å²) in [5, 5.41) is 3.70. The van der Waals surface area contributed by atoms with Gasteiger partial charge in [0.2, 0.25) is 5.91 Å². The molecule has 0 aromatic heterocycles. The van der Waals surface area contributed by atoms with Crippen LogP contribution in [0.5, 0.6) is 0 Å². The topological polar surface area (TPSA) is 61.8 Å². The Kier molecular flexibility index (Phi) is 3.61. The summed E-state index contributed by atoms with van der Waals surface area (Å²) in [7, 11) is 0. The van der Waals surface area contributed by atoms with Crippen LogP contribution in [-0.4, -0.2) is 51.7 Å². The molecule has 5 aliphatic rings. The fourth-order valence-electron chi connectivity index (χ4n) is 5.77. The Labute approximate surface area is 161 Å². The Morgan fingerprint density at radius 2 is 2.00 bits per heavy atom. The number of aliphatic imine (C=N–C) groups is 1. The summed E-state index contributed by atoms with van der Waals surface area (Å²) < 4.78 is 25.9. The molecule has 2 aliphatic heterocycles. The van der Waals surface area contributed by atoms with Crippen LogP contribution in [0.1, 0.15) is 46.0 Å². The molecule has 0 aromatic carbocycles. The monoisotopic (exact) mass is 397 g/mol. The summed E-state index contributed by atoms with van der Waals surface area (Å²) in [6.07, 6.45) is 4.97. The molecule has 0 aromatic rings. The molecule has 2 heterocycles. The number of hydrogen-bond donors (Lipinski definition) is 1. The molecule has 0 radical (unpaired) electrons. The van der Waals surface area contributed by atoms with Gasteiger partial charge in [-0.05, 0) is 62.2 Å². The average molecular weight is 397 g/mol. The lowest BCUT2D eigenvalue weighted by atomic mass is 9.84.